The van der Waals surface area contributed by atoms with E-state index in [1.54, 1.807) is 19.1 Å². The first-order valence-electron chi connectivity index (χ1n) is 16.7. The third kappa shape index (κ3) is 13.7. The topological polar surface area (TPSA) is 204 Å². The standard InChI is InChI=1S/C22H18F3N4.C18H11N3O6.CNS.Ru/c1-15-12-18(13-20(28-15)19(26)14-21(27)22(23,24)25)29(16-8-4-2-5-9-16)17-10-6-3-7-11-17;22-9-25-12-1-3-19-15(5-12)17-7-14(27-11-24)8-18(21-17)16-6-13(26-10-23)2-4-20-16;2-1-3;/h2-14,26-27H,1H3;1-11H;;/q-1;;-1;+2/b19-14-,27-21?;;;. The van der Waals surface area contributed by atoms with Crippen molar-refractivity contribution in [1.29, 1.82) is 5.41 Å². The summed E-state index contributed by atoms with van der Waals surface area (Å²) in [6.07, 6.45) is -1.45. The third-order valence-electron chi connectivity index (χ3n) is 7.43. The molecule has 4 heterocycles. The second-order valence-electron chi connectivity index (χ2n) is 11.4. The molecule has 0 spiro atoms. The number of anilines is 3. The van der Waals surface area contributed by atoms with Gasteiger partial charge in [-0.25, -0.2) is 4.98 Å². The van der Waals surface area contributed by atoms with Gasteiger partial charge in [0.2, 0.25) is 0 Å². The SMILES string of the molecule is Cc1cc(N(c2ccccc2)c2ccccc2)cc(/C([NH-])=C/C(=N)C(F)(F)F)n1.O=COc1ccnc(-c2cc(OC=O)cc(-c3cc(OC=O)ccn3)n2)c1.[N-]=C=S.[Ru+2]. The molecule has 304 valence electrons. The number of carbonyl (C=O) groups excluding carboxylic acids is 3. The van der Waals surface area contributed by atoms with Gasteiger partial charge in [0.1, 0.15) is 23.0 Å². The average molecular weight is 920 g/mol. The first-order chi connectivity index (χ1) is 28.4. The Labute approximate surface area is 358 Å². The molecule has 0 aliphatic rings. The summed E-state index contributed by atoms with van der Waals surface area (Å²) in [5.41, 5.74) is 10.4. The molecule has 0 aliphatic heterocycles. The number of hydrogen-bond donors (Lipinski definition) is 1. The van der Waals surface area contributed by atoms with Crippen LogP contribution in [-0.4, -0.2) is 56.4 Å². The van der Waals surface area contributed by atoms with Crippen LogP contribution in [0.1, 0.15) is 11.4 Å². The fraction of sp³-hybridized carbons (Fsp3) is 0.0488. The number of ether oxygens (including phenoxy) is 3. The number of isothiocyanates is 1. The molecule has 0 saturated carbocycles. The Hall–Kier alpha value is -7.33. The molecule has 60 heavy (non-hydrogen) atoms. The average Bonchev–Trinajstić information content (AvgIpc) is 3.22. The Morgan fingerprint density at radius 2 is 1.15 bits per heavy atom. The van der Waals surface area contributed by atoms with Crippen LogP contribution in [0, 0.1) is 12.3 Å². The Balaban J connectivity index is 0.000000297. The Morgan fingerprint density at radius 1 is 0.717 bits per heavy atom. The molecule has 19 heteroatoms. The summed E-state index contributed by atoms with van der Waals surface area (Å²) < 4.78 is 52.6. The van der Waals surface area contributed by atoms with Gasteiger partial charge >= 0.3 is 25.7 Å². The number of hydrogen-bond acceptors (Lipinski definition) is 13. The normalized spacial score (nSPS) is 10.4. The van der Waals surface area contributed by atoms with E-state index in [9.17, 15) is 27.6 Å². The van der Waals surface area contributed by atoms with Crippen LogP contribution in [-0.2, 0) is 33.9 Å². The molecule has 2 aromatic carbocycles. The number of rotatable bonds is 13. The number of allylic oxidation sites excluding steroid dienone is 1. The van der Waals surface area contributed by atoms with Crippen molar-refractivity contribution in [3.8, 4) is 40.0 Å². The second-order valence-corrected chi connectivity index (χ2v) is 11.6. The van der Waals surface area contributed by atoms with Crippen LogP contribution in [0.5, 0.6) is 17.2 Å². The molecule has 0 unspecified atom stereocenters. The minimum absolute atomic E-state index is 0. The van der Waals surface area contributed by atoms with Crippen molar-refractivity contribution in [2.24, 2.45) is 0 Å². The molecule has 2 N–H and O–H groups in total. The van der Waals surface area contributed by atoms with Crippen molar-refractivity contribution < 1.29 is 61.2 Å². The van der Waals surface area contributed by atoms with Crippen LogP contribution in [0.4, 0.5) is 30.2 Å². The number of aryl methyl sites for hydroxylation is 1. The van der Waals surface area contributed by atoms with Gasteiger partial charge in [-0.3, -0.25) is 34.7 Å². The zero-order valence-electron chi connectivity index (χ0n) is 30.9. The van der Waals surface area contributed by atoms with Crippen molar-refractivity contribution in [2.45, 2.75) is 13.1 Å². The smallest absolute Gasteiger partial charge is 0.753 e. The molecular weight excluding hydrogens is 891 g/mol. The maximum Gasteiger partial charge on any atom is 2.00 e. The monoisotopic (exact) mass is 920 g/mol. The number of nitrogens with zero attached hydrogens (tertiary/aromatic N) is 6. The maximum atomic E-state index is 12.7. The van der Waals surface area contributed by atoms with E-state index in [2.05, 4.69) is 32.2 Å². The predicted octanol–water partition coefficient (Wildman–Crippen LogP) is 9.30. The number of nitrogens with one attached hydrogen (secondary N) is 2. The van der Waals surface area contributed by atoms with Crippen LogP contribution in [0.2, 0.25) is 0 Å². The number of aromatic nitrogens is 4. The van der Waals surface area contributed by atoms with E-state index in [0.717, 1.165) is 11.4 Å². The molecule has 6 aromatic rings. The maximum absolute atomic E-state index is 12.7. The van der Waals surface area contributed by atoms with E-state index in [4.69, 9.17) is 30.8 Å². The molecule has 0 amide bonds. The number of alkyl halides is 3. The van der Waals surface area contributed by atoms with Gasteiger partial charge in [0.25, 0.3) is 19.4 Å². The molecule has 0 atom stereocenters. The van der Waals surface area contributed by atoms with E-state index < -0.39 is 17.6 Å². The minimum atomic E-state index is -4.81. The second kappa shape index (κ2) is 23.2. The summed E-state index contributed by atoms with van der Waals surface area (Å²) in [5.74, 6) is 0.760. The Kier molecular flexibility index (Phi) is 18.2. The van der Waals surface area contributed by atoms with Gasteiger partial charge in [0.15, 0.2) is 0 Å². The minimum Gasteiger partial charge on any atom is -0.753 e. The van der Waals surface area contributed by atoms with Crippen molar-refractivity contribution in [3.63, 3.8) is 0 Å². The van der Waals surface area contributed by atoms with Crippen molar-refractivity contribution in [1.82, 2.24) is 19.9 Å². The summed E-state index contributed by atoms with van der Waals surface area (Å²) in [5, 5.41) is 15.6. The van der Waals surface area contributed by atoms with E-state index in [0.29, 0.717) is 53.2 Å². The number of para-hydroxylation sites is 2. The summed E-state index contributed by atoms with van der Waals surface area (Å²) in [6.45, 7) is 2.59. The van der Waals surface area contributed by atoms with Gasteiger partial charge in [0, 0.05) is 53.7 Å². The zero-order chi connectivity index (χ0) is 42.8. The number of thiocarbonyl (C=S) groups is 1. The van der Waals surface area contributed by atoms with Crippen LogP contribution in [0.25, 0.3) is 39.6 Å². The summed E-state index contributed by atoms with van der Waals surface area (Å²) in [6, 6.07) is 31.4. The number of carbonyl (C=O) groups is 3. The Bertz CT molecular complexity index is 2360. The molecule has 4 aromatic heterocycles. The molecule has 0 bridgehead atoms. The number of benzene rings is 2. The largest absolute Gasteiger partial charge is 2.00 e. The van der Waals surface area contributed by atoms with Gasteiger partial charge in [0.05, 0.1) is 34.2 Å². The third-order valence-corrected chi connectivity index (χ3v) is 7.43. The van der Waals surface area contributed by atoms with Crippen molar-refractivity contribution >= 4 is 65.3 Å². The molecule has 6 rings (SSSR count). The Morgan fingerprint density at radius 3 is 1.58 bits per heavy atom. The van der Waals surface area contributed by atoms with Crippen LogP contribution in [0.3, 0.4) is 0 Å². The van der Waals surface area contributed by atoms with Crippen LogP contribution in [0.15, 0.2) is 128 Å². The van der Waals surface area contributed by atoms with Gasteiger partial charge < -0.3 is 30.3 Å². The summed E-state index contributed by atoms with van der Waals surface area (Å²) in [4.78, 5) is 50.7. The van der Waals surface area contributed by atoms with Gasteiger partial charge in [-0.1, -0.05) is 48.6 Å². The fourth-order valence-electron chi connectivity index (χ4n) is 5.07. The van der Waals surface area contributed by atoms with E-state index in [1.807, 2.05) is 65.6 Å². The summed E-state index contributed by atoms with van der Waals surface area (Å²) in [7, 11) is 0. The van der Waals surface area contributed by atoms with E-state index in [-0.39, 0.29) is 48.9 Å². The first-order valence-corrected chi connectivity index (χ1v) is 17.1. The predicted molar refractivity (Wildman–Crippen MR) is 216 cm³/mol. The molecule has 14 nitrogen and oxygen atoms in total. The molecule has 0 radical (unpaired) electrons. The quantitative estimate of drug-likeness (QED) is 0.0498. The number of pyridine rings is 4. The van der Waals surface area contributed by atoms with Crippen molar-refractivity contribution in [2.75, 3.05) is 4.90 Å². The first kappa shape index (κ1) is 47.1. The molecule has 0 fully saturated rings. The molecule has 0 aliphatic carbocycles. The van der Waals surface area contributed by atoms with E-state index >= 15 is 0 Å². The fourth-order valence-corrected chi connectivity index (χ4v) is 5.07. The van der Waals surface area contributed by atoms with E-state index in [1.165, 1.54) is 54.0 Å². The van der Waals surface area contributed by atoms with Crippen LogP contribution >= 0.6 is 12.2 Å². The zero-order valence-corrected chi connectivity index (χ0v) is 33.4. The summed E-state index contributed by atoms with van der Waals surface area (Å²) >= 11 is 3.70. The molecular formula is C41H29F3N8O6RuS. The van der Waals surface area contributed by atoms with Crippen LogP contribution < -0.4 is 19.1 Å². The van der Waals surface area contributed by atoms with Gasteiger partial charge in [-0.2, -0.15) is 18.3 Å². The van der Waals surface area contributed by atoms with Gasteiger partial charge in [-0.15, -0.1) is 5.70 Å². The van der Waals surface area contributed by atoms with Gasteiger partial charge in [-0.05, 0) is 61.5 Å². The van der Waals surface area contributed by atoms with Crippen molar-refractivity contribution in [3.05, 3.63) is 150 Å². The molecule has 0 saturated heterocycles. The number of halogens is 3.